The summed E-state index contributed by atoms with van der Waals surface area (Å²) in [5.41, 5.74) is 2.43. The number of carbonyl (C=O) groups excluding carboxylic acids is 1. The molecule has 4 heteroatoms. The molecule has 4 nitrogen and oxygen atoms in total. The van der Waals surface area contributed by atoms with E-state index in [1.807, 2.05) is 0 Å². The van der Waals surface area contributed by atoms with Crippen LogP contribution in [0.4, 0.5) is 0 Å². The third-order valence-corrected chi connectivity index (χ3v) is 3.82. The first-order valence-electron chi connectivity index (χ1n) is 9.00. The Morgan fingerprint density at radius 3 is 2.17 bits per heavy atom. The molecule has 0 atom stereocenters. The SMILES string of the molecule is CC(C)CCOCCOCCC(=O)NCc1ccc(C(C)C)cc1. The quantitative estimate of drug-likeness (QED) is 0.589. The maximum atomic E-state index is 11.8. The van der Waals surface area contributed by atoms with Gasteiger partial charge in [0.1, 0.15) is 0 Å². The first kappa shape index (κ1) is 20.7. The Kier molecular flexibility index (Phi) is 10.4. The lowest BCUT2D eigenvalue weighted by molar-refractivity contribution is -0.122. The molecule has 136 valence electrons. The second-order valence-corrected chi connectivity index (χ2v) is 6.83. The van der Waals surface area contributed by atoms with E-state index in [2.05, 4.69) is 57.3 Å². The van der Waals surface area contributed by atoms with Crippen molar-refractivity contribution in [1.29, 1.82) is 0 Å². The van der Waals surface area contributed by atoms with E-state index in [0.717, 1.165) is 18.6 Å². The minimum atomic E-state index is 0.0173. The molecule has 0 spiro atoms. The molecule has 0 aliphatic carbocycles. The zero-order valence-electron chi connectivity index (χ0n) is 15.6. The van der Waals surface area contributed by atoms with Gasteiger partial charge in [0.15, 0.2) is 0 Å². The molecule has 0 aliphatic rings. The predicted molar refractivity (Wildman–Crippen MR) is 98.1 cm³/mol. The summed E-state index contributed by atoms with van der Waals surface area (Å²) < 4.78 is 10.9. The van der Waals surface area contributed by atoms with Crippen LogP contribution in [0.1, 0.15) is 57.6 Å². The molecule has 1 rings (SSSR count). The molecule has 0 saturated carbocycles. The molecule has 0 saturated heterocycles. The highest BCUT2D eigenvalue weighted by Gasteiger charge is 2.03. The van der Waals surface area contributed by atoms with Crippen LogP contribution in [0.25, 0.3) is 0 Å². The first-order valence-corrected chi connectivity index (χ1v) is 9.00. The number of hydrogen-bond donors (Lipinski definition) is 1. The van der Waals surface area contributed by atoms with Gasteiger partial charge in [-0.2, -0.15) is 0 Å². The van der Waals surface area contributed by atoms with Crippen LogP contribution < -0.4 is 5.32 Å². The summed E-state index contributed by atoms with van der Waals surface area (Å²) in [6, 6.07) is 8.38. The van der Waals surface area contributed by atoms with Gasteiger partial charge < -0.3 is 14.8 Å². The summed E-state index contributed by atoms with van der Waals surface area (Å²) in [4.78, 5) is 11.8. The van der Waals surface area contributed by atoms with E-state index in [-0.39, 0.29) is 5.91 Å². The van der Waals surface area contributed by atoms with E-state index in [1.165, 1.54) is 5.56 Å². The fourth-order valence-corrected chi connectivity index (χ4v) is 2.12. The molecule has 0 fully saturated rings. The fraction of sp³-hybridized carbons (Fsp3) is 0.650. The van der Waals surface area contributed by atoms with Crippen molar-refractivity contribution in [1.82, 2.24) is 5.32 Å². The number of hydrogen-bond acceptors (Lipinski definition) is 3. The summed E-state index contributed by atoms with van der Waals surface area (Å²) in [7, 11) is 0. The highest BCUT2D eigenvalue weighted by atomic mass is 16.5. The van der Waals surface area contributed by atoms with E-state index in [1.54, 1.807) is 0 Å². The summed E-state index contributed by atoms with van der Waals surface area (Å²) in [6.45, 7) is 11.6. The van der Waals surface area contributed by atoms with Crippen molar-refractivity contribution in [3.63, 3.8) is 0 Å². The second-order valence-electron chi connectivity index (χ2n) is 6.83. The Bertz CT molecular complexity index is 454. The van der Waals surface area contributed by atoms with E-state index in [9.17, 15) is 4.79 Å². The Morgan fingerprint density at radius 1 is 0.958 bits per heavy atom. The highest BCUT2D eigenvalue weighted by Crippen LogP contribution is 2.14. The fourth-order valence-electron chi connectivity index (χ4n) is 2.12. The number of carbonyl (C=O) groups is 1. The average Bonchev–Trinajstić information content (AvgIpc) is 2.55. The molecule has 0 aromatic heterocycles. The molecule has 1 N–H and O–H groups in total. The van der Waals surface area contributed by atoms with Gasteiger partial charge in [-0.1, -0.05) is 52.0 Å². The Balaban J connectivity index is 2.04. The minimum absolute atomic E-state index is 0.0173. The summed E-state index contributed by atoms with van der Waals surface area (Å²) in [5.74, 6) is 1.21. The van der Waals surface area contributed by atoms with Crippen molar-refractivity contribution < 1.29 is 14.3 Å². The molecule has 1 aromatic rings. The Morgan fingerprint density at radius 2 is 1.58 bits per heavy atom. The summed E-state index contributed by atoms with van der Waals surface area (Å²) in [5, 5.41) is 2.92. The van der Waals surface area contributed by atoms with Crippen molar-refractivity contribution in [2.24, 2.45) is 5.92 Å². The van der Waals surface area contributed by atoms with Gasteiger partial charge >= 0.3 is 0 Å². The van der Waals surface area contributed by atoms with Crippen molar-refractivity contribution in [2.75, 3.05) is 26.4 Å². The van der Waals surface area contributed by atoms with Gasteiger partial charge in [-0.3, -0.25) is 4.79 Å². The molecule has 1 aromatic carbocycles. The van der Waals surface area contributed by atoms with E-state index >= 15 is 0 Å². The number of nitrogens with one attached hydrogen (secondary N) is 1. The summed E-state index contributed by atoms with van der Waals surface area (Å²) in [6.07, 6.45) is 1.45. The lowest BCUT2D eigenvalue weighted by Crippen LogP contribution is -2.24. The molecule has 0 aliphatic heterocycles. The number of amides is 1. The maximum Gasteiger partial charge on any atom is 0.222 e. The van der Waals surface area contributed by atoms with Gasteiger partial charge in [-0.25, -0.2) is 0 Å². The first-order chi connectivity index (χ1) is 11.5. The third-order valence-electron chi connectivity index (χ3n) is 3.82. The topological polar surface area (TPSA) is 47.6 Å². The van der Waals surface area contributed by atoms with Gasteiger partial charge in [0.05, 0.1) is 19.8 Å². The normalized spacial score (nSPS) is 11.2. The van der Waals surface area contributed by atoms with Gasteiger partial charge in [0.2, 0.25) is 5.91 Å². The molecule has 24 heavy (non-hydrogen) atoms. The minimum Gasteiger partial charge on any atom is -0.379 e. The molecule has 0 bridgehead atoms. The van der Waals surface area contributed by atoms with Crippen LogP contribution in [0.2, 0.25) is 0 Å². The zero-order valence-corrected chi connectivity index (χ0v) is 15.6. The van der Waals surface area contributed by atoms with Crippen LogP contribution in [0, 0.1) is 5.92 Å². The maximum absolute atomic E-state index is 11.8. The van der Waals surface area contributed by atoms with E-state index in [4.69, 9.17) is 9.47 Å². The van der Waals surface area contributed by atoms with Crippen LogP contribution >= 0.6 is 0 Å². The van der Waals surface area contributed by atoms with Crippen molar-refractivity contribution in [3.05, 3.63) is 35.4 Å². The van der Waals surface area contributed by atoms with Crippen LogP contribution in [0.15, 0.2) is 24.3 Å². The average molecular weight is 335 g/mol. The summed E-state index contributed by atoms with van der Waals surface area (Å²) >= 11 is 0. The van der Waals surface area contributed by atoms with Crippen LogP contribution in [-0.2, 0) is 20.8 Å². The molecule has 1 amide bonds. The van der Waals surface area contributed by atoms with Crippen molar-refractivity contribution >= 4 is 5.91 Å². The van der Waals surface area contributed by atoms with E-state index < -0.39 is 0 Å². The predicted octanol–water partition coefficient (Wildman–Crippen LogP) is 3.90. The monoisotopic (exact) mass is 335 g/mol. The molecule has 0 unspecified atom stereocenters. The van der Waals surface area contributed by atoms with Crippen LogP contribution in [0.5, 0.6) is 0 Å². The standard InChI is InChI=1S/C20H33NO3/c1-16(2)9-11-23-13-14-24-12-10-20(22)21-15-18-5-7-19(8-6-18)17(3)4/h5-8,16-17H,9-15H2,1-4H3,(H,21,22). The molecular formula is C20H33NO3. The smallest absolute Gasteiger partial charge is 0.222 e. The number of benzene rings is 1. The molecular weight excluding hydrogens is 302 g/mol. The largest absolute Gasteiger partial charge is 0.379 e. The van der Waals surface area contributed by atoms with Gasteiger partial charge in [0.25, 0.3) is 0 Å². The zero-order chi connectivity index (χ0) is 17.8. The lowest BCUT2D eigenvalue weighted by Gasteiger charge is -2.09. The van der Waals surface area contributed by atoms with Crippen molar-refractivity contribution in [3.8, 4) is 0 Å². The second kappa shape index (κ2) is 12.0. The Hall–Kier alpha value is -1.39. The Labute approximate surface area is 146 Å². The van der Waals surface area contributed by atoms with Crippen LogP contribution in [-0.4, -0.2) is 32.3 Å². The lowest BCUT2D eigenvalue weighted by atomic mass is 10.0. The highest BCUT2D eigenvalue weighted by molar-refractivity contribution is 5.75. The number of rotatable bonds is 12. The third kappa shape index (κ3) is 9.68. The van der Waals surface area contributed by atoms with Gasteiger partial charge in [0, 0.05) is 19.6 Å². The van der Waals surface area contributed by atoms with Crippen molar-refractivity contribution in [2.45, 2.75) is 53.0 Å². The number of ether oxygens (including phenoxy) is 2. The van der Waals surface area contributed by atoms with Crippen LogP contribution in [0.3, 0.4) is 0 Å². The van der Waals surface area contributed by atoms with E-state index in [0.29, 0.717) is 44.6 Å². The van der Waals surface area contributed by atoms with Gasteiger partial charge in [-0.15, -0.1) is 0 Å². The molecule has 0 heterocycles. The van der Waals surface area contributed by atoms with Gasteiger partial charge in [-0.05, 0) is 29.4 Å². The molecule has 0 radical (unpaired) electrons.